The van der Waals surface area contributed by atoms with E-state index >= 15 is 0 Å². The van der Waals surface area contributed by atoms with Crippen LogP contribution in [0.4, 0.5) is 0 Å². The third kappa shape index (κ3) is 4.22. The third-order valence-corrected chi connectivity index (χ3v) is 22.3. The van der Waals surface area contributed by atoms with E-state index < -0.39 is 0 Å². The van der Waals surface area contributed by atoms with Gasteiger partial charge in [-0.3, -0.25) is 0 Å². The van der Waals surface area contributed by atoms with Gasteiger partial charge in [0, 0.05) is 23.5 Å². The first-order valence-corrected chi connectivity index (χ1v) is 14.2. The molecule has 1 unspecified atom stereocenters. The first kappa shape index (κ1) is 9.66. The minimum absolute atomic E-state index is 0.0962. The topological polar surface area (TPSA) is 35.2 Å². The Kier molecular flexibility index (Phi) is 5.38. The molecular weight excluding hydrogens is 186 g/mol. The average molecular weight is 205 g/mol. The molecule has 5 heteroatoms. The second kappa shape index (κ2) is 6.13. The summed E-state index contributed by atoms with van der Waals surface area (Å²) in [5.74, 6) is 0. The Bertz CT molecular complexity index is 97.8. The maximum atomic E-state index is 5.52. The van der Waals surface area contributed by atoms with Gasteiger partial charge in [-0.2, -0.15) is 0 Å². The zero-order chi connectivity index (χ0) is 7.94. The Morgan fingerprint density at radius 2 is 2.36 bits per heavy atom. The summed E-state index contributed by atoms with van der Waals surface area (Å²) in [6.07, 6.45) is 2.69. The van der Waals surface area contributed by atoms with Gasteiger partial charge in [0.1, 0.15) is 9.28 Å². The lowest BCUT2D eigenvalue weighted by molar-refractivity contribution is 0.366. The lowest BCUT2D eigenvalue weighted by Crippen LogP contribution is -2.35. The molecular formula is C6H19NOSi3. The van der Waals surface area contributed by atoms with Crippen molar-refractivity contribution in [3.63, 3.8) is 0 Å². The second-order valence-corrected chi connectivity index (χ2v) is 19.2. The van der Waals surface area contributed by atoms with Gasteiger partial charge < -0.3 is 10.2 Å². The predicted octanol–water partition coefficient (Wildman–Crippen LogP) is -1.35. The van der Waals surface area contributed by atoms with Crippen LogP contribution in [0.15, 0.2) is 0 Å². The van der Waals surface area contributed by atoms with Crippen LogP contribution in [0.3, 0.4) is 0 Å². The molecule has 66 valence electrons. The van der Waals surface area contributed by atoms with E-state index in [4.69, 9.17) is 10.2 Å². The summed E-state index contributed by atoms with van der Waals surface area (Å²) in [5, 5.41) is 0. The molecule has 0 amide bonds. The maximum Gasteiger partial charge on any atom is 0.140 e. The Labute approximate surface area is 74.8 Å². The minimum atomic E-state index is -0.138. The molecule has 0 radical (unpaired) electrons. The fourth-order valence-electron chi connectivity index (χ4n) is 1.61. The fourth-order valence-corrected chi connectivity index (χ4v) is 20.0. The molecule has 2 nitrogen and oxygen atoms in total. The largest absolute Gasteiger partial charge is 0.428 e. The summed E-state index contributed by atoms with van der Waals surface area (Å²) in [5.41, 5.74) is 5.45. The van der Waals surface area contributed by atoms with Crippen LogP contribution in [0.5, 0.6) is 0 Å². The zero-order valence-electron chi connectivity index (χ0n) is 7.22. The van der Waals surface area contributed by atoms with E-state index in [1.165, 1.54) is 18.9 Å². The van der Waals surface area contributed by atoms with Crippen molar-refractivity contribution in [1.29, 1.82) is 0 Å². The summed E-state index contributed by atoms with van der Waals surface area (Å²) in [7, 11) is 0.368. The van der Waals surface area contributed by atoms with E-state index in [0.29, 0.717) is 8.55 Å². The Balaban J connectivity index is 1.96. The van der Waals surface area contributed by atoms with E-state index in [1.54, 1.807) is 6.04 Å². The van der Waals surface area contributed by atoms with Gasteiger partial charge in [0.25, 0.3) is 0 Å². The summed E-state index contributed by atoms with van der Waals surface area (Å²) in [4.78, 5) is 0. The number of hydrogen-bond acceptors (Lipinski definition) is 2. The highest BCUT2D eigenvalue weighted by Gasteiger charge is 2.14. The molecule has 1 heterocycles. The van der Waals surface area contributed by atoms with Gasteiger partial charge in [-0.1, -0.05) is 12.5 Å². The normalized spacial score (nSPS) is 29.7. The Hall–Kier alpha value is 0.571. The molecule has 11 heavy (non-hydrogen) atoms. The number of rotatable bonds is 4. The quantitative estimate of drug-likeness (QED) is 0.455. The van der Waals surface area contributed by atoms with Crippen molar-refractivity contribution >= 4 is 26.1 Å². The van der Waals surface area contributed by atoms with Gasteiger partial charge in [-0.15, -0.1) is 0 Å². The van der Waals surface area contributed by atoms with Crippen molar-refractivity contribution in [2.45, 2.75) is 24.9 Å². The number of unbranched alkanes of at least 4 members (excludes halogenated alkanes) is 1. The van der Waals surface area contributed by atoms with Crippen molar-refractivity contribution in [2.75, 3.05) is 13.2 Å². The molecule has 1 atom stereocenters. The second-order valence-electron chi connectivity index (χ2n) is 3.34. The number of nitrogens with two attached hydrogens (primary N) is 1. The van der Waals surface area contributed by atoms with E-state index in [-0.39, 0.29) is 17.6 Å². The van der Waals surface area contributed by atoms with Crippen molar-refractivity contribution in [3.05, 3.63) is 0 Å². The van der Waals surface area contributed by atoms with Gasteiger partial charge in [-0.05, 0) is 19.0 Å². The molecule has 0 aliphatic carbocycles. The van der Waals surface area contributed by atoms with Gasteiger partial charge in [0.15, 0.2) is 0 Å². The fraction of sp³-hybridized carbons (Fsp3) is 1.00. The van der Waals surface area contributed by atoms with Gasteiger partial charge in [0.05, 0.1) is 0 Å². The smallest absolute Gasteiger partial charge is 0.140 e. The van der Waals surface area contributed by atoms with E-state index in [0.717, 1.165) is 13.2 Å². The van der Waals surface area contributed by atoms with Crippen molar-refractivity contribution in [2.24, 2.45) is 5.73 Å². The molecule has 1 aliphatic rings. The molecule has 1 rings (SSSR count). The first-order valence-electron chi connectivity index (χ1n) is 4.71. The Morgan fingerprint density at radius 1 is 1.45 bits per heavy atom. The molecule has 0 bridgehead atoms. The highest BCUT2D eigenvalue weighted by Crippen LogP contribution is 2.07. The molecule has 1 fully saturated rings. The van der Waals surface area contributed by atoms with Crippen LogP contribution in [0.1, 0.15) is 12.8 Å². The lowest BCUT2D eigenvalue weighted by Gasteiger charge is -2.19. The molecule has 0 saturated carbocycles. The number of hydrogen-bond donors (Lipinski definition) is 1. The lowest BCUT2D eigenvalue weighted by atomic mass is 10.3. The van der Waals surface area contributed by atoms with E-state index in [2.05, 4.69) is 0 Å². The van der Waals surface area contributed by atoms with Crippen LogP contribution >= 0.6 is 0 Å². The minimum Gasteiger partial charge on any atom is -0.428 e. The summed E-state index contributed by atoms with van der Waals surface area (Å²) < 4.78 is 5.52. The standard InChI is InChI=1S/C6H19NOSi3/c7-3-1-2-5-11-6-4-8-9-10-11/h11H,1-7,9-10H2. The molecule has 0 aromatic heterocycles. The van der Waals surface area contributed by atoms with Crippen LogP contribution in [0, 0.1) is 0 Å². The van der Waals surface area contributed by atoms with Gasteiger partial charge >= 0.3 is 0 Å². The third-order valence-electron chi connectivity index (χ3n) is 2.41. The van der Waals surface area contributed by atoms with Crippen LogP contribution < -0.4 is 5.73 Å². The van der Waals surface area contributed by atoms with Crippen molar-refractivity contribution in [3.8, 4) is 0 Å². The monoisotopic (exact) mass is 205 g/mol. The first-order chi connectivity index (χ1) is 5.43. The molecule has 1 saturated heterocycles. The van der Waals surface area contributed by atoms with Crippen LogP contribution in [-0.2, 0) is 4.43 Å². The zero-order valence-corrected chi connectivity index (χ0v) is 11.2. The predicted molar refractivity (Wildman–Crippen MR) is 58.1 cm³/mol. The van der Waals surface area contributed by atoms with Crippen molar-refractivity contribution in [1.82, 2.24) is 0 Å². The highest BCUT2D eigenvalue weighted by atomic mass is 29.5. The molecule has 0 aromatic rings. The van der Waals surface area contributed by atoms with Gasteiger partial charge in [-0.25, -0.2) is 0 Å². The molecule has 1 aliphatic heterocycles. The van der Waals surface area contributed by atoms with Crippen molar-refractivity contribution < 1.29 is 4.43 Å². The SMILES string of the molecule is NCCCC[SiH]1CCO[SiH2][SiH2]1. The van der Waals surface area contributed by atoms with Gasteiger partial charge in [0.2, 0.25) is 0 Å². The maximum absolute atomic E-state index is 5.52. The average Bonchev–Trinajstić information content (AvgIpc) is 2.07. The van der Waals surface area contributed by atoms with Crippen LogP contribution in [-0.4, -0.2) is 39.3 Å². The summed E-state index contributed by atoms with van der Waals surface area (Å²) >= 11 is 0. The van der Waals surface area contributed by atoms with Crippen LogP contribution in [0.2, 0.25) is 12.1 Å². The Morgan fingerprint density at radius 3 is 3.00 bits per heavy atom. The summed E-state index contributed by atoms with van der Waals surface area (Å²) in [6.45, 7) is 2.04. The molecule has 2 N–H and O–H groups in total. The van der Waals surface area contributed by atoms with E-state index in [1.807, 2.05) is 0 Å². The summed E-state index contributed by atoms with van der Waals surface area (Å²) in [6, 6.07) is 3.10. The highest BCUT2D eigenvalue weighted by molar-refractivity contribution is 7.35. The molecule has 0 aromatic carbocycles. The molecule has 0 spiro atoms. The van der Waals surface area contributed by atoms with E-state index in [9.17, 15) is 0 Å². The van der Waals surface area contributed by atoms with Crippen LogP contribution in [0.25, 0.3) is 0 Å².